The van der Waals surface area contributed by atoms with Crippen LogP contribution in [0.2, 0.25) is 0 Å². The summed E-state index contributed by atoms with van der Waals surface area (Å²) in [5, 5.41) is 12.0. The molecule has 2 aromatic carbocycles. The van der Waals surface area contributed by atoms with E-state index < -0.39 is 0 Å². The van der Waals surface area contributed by atoms with Gasteiger partial charge in [0.1, 0.15) is 5.75 Å². The minimum Gasteiger partial charge on any atom is -0.496 e. The van der Waals surface area contributed by atoms with Gasteiger partial charge >= 0.3 is 0 Å². The van der Waals surface area contributed by atoms with Crippen LogP contribution in [0.25, 0.3) is 6.08 Å². The summed E-state index contributed by atoms with van der Waals surface area (Å²) < 4.78 is 5.22. The zero-order chi connectivity index (χ0) is 15.1. The fourth-order valence-electron chi connectivity index (χ4n) is 1.92. The average molecular weight is 283 g/mol. The molecule has 4 nitrogen and oxygen atoms in total. The SMILES string of the molecule is COc1ccccc1C=CC(=O)Nc1ccccc1CO. The molecule has 0 aromatic heterocycles. The lowest BCUT2D eigenvalue weighted by Gasteiger charge is -2.07. The Labute approximate surface area is 123 Å². The molecule has 0 bridgehead atoms. The smallest absolute Gasteiger partial charge is 0.248 e. The number of rotatable bonds is 5. The maximum atomic E-state index is 11.9. The van der Waals surface area contributed by atoms with Crippen molar-refractivity contribution in [1.82, 2.24) is 0 Å². The summed E-state index contributed by atoms with van der Waals surface area (Å²) in [4.78, 5) is 11.9. The van der Waals surface area contributed by atoms with E-state index in [2.05, 4.69) is 5.32 Å². The number of aliphatic hydroxyl groups is 1. The summed E-state index contributed by atoms with van der Waals surface area (Å²) >= 11 is 0. The molecule has 0 atom stereocenters. The standard InChI is InChI=1S/C17H17NO3/c1-21-16-9-5-3-6-13(16)10-11-17(20)18-15-8-4-2-7-14(15)12-19/h2-11,19H,12H2,1H3,(H,18,20). The van der Waals surface area contributed by atoms with Gasteiger partial charge in [-0.15, -0.1) is 0 Å². The van der Waals surface area contributed by atoms with E-state index in [0.29, 0.717) is 17.0 Å². The van der Waals surface area contributed by atoms with E-state index in [1.807, 2.05) is 30.3 Å². The van der Waals surface area contributed by atoms with Crippen molar-refractivity contribution in [2.24, 2.45) is 0 Å². The molecule has 108 valence electrons. The predicted octanol–water partition coefficient (Wildman–Crippen LogP) is 2.84. The lowest BCUT2D eigenvalue weighted by atomic mass is 10.1. The molecule has 0 saturated carbocycles. The highest BCUT2D eigenvalue weighted by atomic mass is 16.5. The number of carbonyl (C=O) groups excluding carboxylic acids is 1. The molecule has 0 radical (unpaired) electrons. The fraction of sp³-hybridized carbons (Fsp3) is 0.118. The zero-order valence-corrected chi connectivity index (χ0v) is 11.7. The van der Waals surface area contributed by atoms with Crippen molar-refractivity contribution < 1.29 is 14.6 Å². The van der Waals surface area contributed by atoms with Crippen molar-refractivity contribution in [3.8, 4) is 5.75 Å². The van der Waals surface area contributed by atoms with E-state index in [4.69, 9.17) is 4.74 Å². The highest BCUT2D eigenvalue weighted by Gasteiger charge is 2.03. The number of carbonyl (C=O) groups is 1. The van der Waals surface area contributed by atoms with Crippen LogP contribution in [0, 0.1) is 0 Å². The summed E-state index contributed by atoms with van der Waals surface area (Å²) in [6.45, 7) is -0.118. The van der Waals surface area contributed by atoms with Crippen molar-refractivity contribution in [1.29, 1.82) is 0 Å². The van der Waals surface area contributed by atoms with E-state index in [9.17, 15) is 9.90 Å². The van der Waals surface area contributed by atoms with Crippen molar-refractivity contribution in [2.45, 2.75) is 6.61 Å². The topological polar surface area (TPSA) is 58.6 Å². The Balaban J connectivity index is 2.09. The first-order valence-corrected chi connectivity index (χ1v) is 6.55. The quantitative estimate of drug-likeness (QED) is 0.830. The minimum atomic E-state index is -0.262. The van der Waals surface area contributed by atoms with E-state index in [1.165, 1.54) is 6.08 Å². The lowest BCUT2D eigenvalue weighted by molar-refractivity contribution is -0.111. The number of hydrogen-bond donors (Lipinski definition) is 2. The number of para-hydroxylation sites is 2. The molecule has 4 heteroatoms. The second-order valence-corrected chi connectivity index (χ2v) is 4.38. The molecular weight excluding hydrogens is 266 g/mol. The Morgan fingerprint density at radius 3 is 2.67 bits per heavy atom. The van der Waals surface area contributed by atoms with E-state index in [1.54, 1.807) is 31.4 Å². The second-order valence-electron chi connectivity index (χ2n) is 4.38. The molecule has 0 aliphatic carbocycles. The van der Waals surface area contributed by atoms with Gasteiger partial charge in [-0.3, -0.25) is 4.79 Å². The fourth-order valence-corrected chi connectivity index (χ4v) is 1.92. The van der Waals surface area contributed by atoms with Crippen LogP contribution in [-0.4, -0.2) is 18.1 Å². The van der Waals surface area contributed by atoms with Gasteiger partial charge in [0, 0.05) is 22.9 Å². The van der Waals surface area contributed by atoms with Crippen LogP contribution in [0.5, 0.6) is 5.75 Å². The highest BCUT2D eigenvalue weighted by molar-refractivity contribution is 6.02. The monoisotopic (exact) mass is 283 g/mol. The molecule has 0 unspecified atom stereocenters. The number of aliphatic hydroxyl groups excluding tert-OH is 1. The van der Waals surface area contributed by atoms with Crippen molar-refractivity contribution in [2.75, 3.05) is 12.4 Å². The number of methoxy groups -OCH3 is 1. The third kappa shape index (κ3) is 3.94. The second kappa shape index (κ2) is 7.26. The molecule has 2 aromatic rings. The maximum Gasteiger partial charge on any atom is 0.248 e. The molecule has 0 fully saturated rings. The van der Waals surface area contributed by atoms with Crippen LogP contribution in [0.1, 0.15) is 11.1 Å². The van der Waals surface area contributed by atoms with Crippen molar-refractivity contribution in [3.63, 3.8) is 0 Å². The van der Waals surface area contributed by atoms with Gasteiger partial charge in [-0.2, -0.15) is 0 Å². The summed E-state index contributed by atoms with van der Waals surface area (Å²) in [6, 6.07) is 14.6. The van der Waals surface area contributed by atoms with Crippen LogP contribution >= 0.6 is 0 Å². The Hall–Kier alpha value is -2.59. The van der Waals surface area contributed by atoms with E-state index >= 15 is 0 Å². The largest absolute Gasteiger partial charge is 0.496 e. The lowest BCUT2D eigenvalue weighted by Crippen LogP contribution is -2.09. The normalized spacial score (nSPS) is 10.6. The van der Waals surface area contributed by atoms with Crippen LogP contribution in [0.3, 0.4) is 0 Å². The third-order valence-corrected chi connectivity index (χ3v) is 3.00. The Bertz CT molecular complexity index is 650. The summed E-state index contributed by atoms with van der Waals surface area (Å²) in [6.07, 6.45) is 3.13. The Morgan fingerprint density at radius 1 is 1.19 bits per heavy atom. The predicted molar refractivity (Wildman–Crippen MR) is 83.0 cm³/mol. The Kier molecular flexibility index (Phi) is 5.12. The van der Waals surface area contributed by atoms with Gasteiger partial charge in [-0.1, -0.05) is 36.4 Å². The third-order valence-electron chi connectivity index (χ3n) is 3.00. The van der Waals surface area contributed by atoms with Crippen LogP contribution in [-0.2, 0) is 11.4 Å². The van der Waals surface area contributed by atoms with Gasteiger partial charge in [0.15, 0.2) is 0 Å². The van der Waals surface area contributed by atoms with Gasteiger partial charge in [0.25, 0.3) is 0 Å². The molecule has 1 amide bonds. The molecule has 2 rings (SSSR count). The first kappa shape index (κ1) is 14.8. The van der Waals surface area contributed by atoms with Crippen molar-refractivity contribution in [3.05, 3.63) is 65.7 Å². The van der Waals surface area contributed by atoms with Gasteiger partial charge < -0.3 is 15.2 Å². The number of anilines is 1. The Morgan fingerprint density at radius 2 is 1.90 bits per heavy atom. The van der Waals surface area contributed by atoms with Crippen LogP contribution in [0.15, 0.2) is 54.6 Å². The maximum absolute atomic E-state index is 11.9. The van der Waals surface area contributed by atoms with Crippen LogP contribution in [0.4, 0.5) is 5.69 Å². The van der Waals surface area contributed by atoms with E-state index in [0.717, 1.165) is 5.56 Å². The van der Waals surface area contributed by atoms with Crippen molar-refractivity contribution >= 4 is 17.7 Å². The minimum absolute atomic E-state index is 0.118. The van der Waals surface area contributed by atoms with E-state index in [-0.39, 0.29) is 12.5 Å². The number of ether oxygens (including phenoxy) is 1. The summed E-state index contributed by atoms with van der Waals surface area (Å²) in [5.41, 5.74) is 2.11. The first-order chi connectivity index (χ1) is 10.2. The summed E-state index contributed by atoms with van der Waals surface area (Å²) in [7, 11) is 1.59. The molecule has 0 aliphatic heterocycles. The van der Waals surface area contributed by atoms with Gasteiger partial charge in [0.2, 0.25) is 5.91 Å². The number of benzene rings is 2. The zero-order valence-electron chi connectivity index (χ0n) is 11.7. The molecule has 21 heavy (non-hydrogen) atoms. The molecule has 2 N–H and O–H groups in total. The highest BCUT2D eigenvalue weighted by Crippen LogP contribution is 2.19. The summed E-state index contributed by atoms with van der Waals surface area (Å²) in [5.74, 6) is 0.444. The first-order valence-electron chi connectivity index (χ1n) is 6.55. The van der Waals surface area contributed by atoms with Crippen LogP contribution < -0.4 is 10.1 Å². The molecule has 0 aliphatic rings. The molecule has 0 heterocycles. The van der Waals surface area contributed by atoms with Gasteiger partial charge in [-0.25, -0.2) is 0 Å². The average Bonchev–Trinajstić information content (AvgIpc) is 2.53. The number of nitrogens with one attached hydrogen (secondary N) is 1. The number of amides is 1. The van der Waals surface area contributed by atoms with Gasteiger partial charge in [0.05, 0.1) is 13.7 Å². The van der Waals surface area contributed by atoms with Gasteiger partial charge in [-0.05, 0) is 18.2 Å². The molecule has 0 saturated heterocycles. The number of hydrogen-bond acceptors (Lipinski definition) is 3. The molecule has 0 spiro atoms. The molecular formula is C17H17NO3.